The molecule has 0 saturated carbocycles. The van der Waals surface area contributed by atoms with Crippen LogP contribution in [0.4, 0.5) is 5.69 Å². The van der Waals surface area contributed by atoms with Gasteiger partial charge in [-0.1, -0.05) is 13.0 Å². The number of rotatable bonds is 4. The number of anilines is 1. The summed E-state index contributed by atoms with van der Waals surface area (Å²) in [6, 6.07) is 9.29. The zero-order chi connectivity index (χ0) is 13.8. The van der Waals surface area contributed by atoms with Crippen LogP contribution in [0.2, 0.25) is 0 Å². The molecule has 3 unspecified atom stereocenters. The van der Waals surface area contributed by atoms with Crippen molar-refractivity contribution in [1.82, 2.24) is 0 Å². The molecule has 1 aromatic rings. The molecule has 3 atom stereocenters. The van der Waals surface area contributed by atoms with E-state index in [0.717, 1.165) is 31.6 Å². The summed E-state index contributed by atoms with van der Waals surface area (Å²) in [6.45, 7) is 7.54. The maximum absolute atomic E-state index is 6.03. The molecule has 0 bridgehead atoms. The molecule has 1 aromatic carbocycles. The lowest BCUT2D eigenvalue weighted by Gasteiger charge is -2.38. The number of ether oxygens (including phenoxy) is 1. The highest BCUT2D eigenvalue weighted by Gasteiger charge is 2.23. The predicted octanol–water partition coefficient (Wildman–Crippen LogP) is 3.18. The second-order valence-electron chi connectivity index (χ2n) is 5.66. The van der Waals surface area contributed by atoms with E-state index >= 15 is 0 Å². The molecule has 19 heavy (non-hydrogen) atoms. The standard InChI is InChI=1S/C16H26N2O/c1-4-13(3)19-16-7-5-6-15(11-16)18-9-8-14(17)10-12(18)2/h5-7,11-14H,4,8-10,17H2,1-3H3. The summed E-state index contributed by atoms with van der Waals surface area (Å²) in [6.07, 6.45) is 3.43. The fourth-order valence-corrected chi connectivity index (χ4v) is 2.64. The molecule has 0 radical (unpaired) electrons. The van der Waals surface area contributed by atoms with E-state index in [1.807, 2.05) is 6.07 Å². The summed E-state index contributed by atoms with van der Waals surface area (Å²) >= 11 is 0. The second kappa shape index (κ2) is 6.29. The quantitative estimate of drug-likeness (QED) is 0.905. The number of hydrogen-bond acceptors (Lipinski definition) is 3. The van der Waals surface area contributed by atoms with Gasteiger partial charge >= 0.3 is 0 Å². The van der Waals surface area contributed by atoms with E-state index in [2.05, 4.69) is 43.9 Å². The molecule has 1 fully saturated rings. The first kappa shape index (κ1) is 14.2. The molecule has 106 valence electrons. The number of piperidine rings is 1. The smallest absolute Gasteiger partial charge is 0.121 e. The SMILES string of the molecule is CCC(C)Oc1cccc(N2CCC(N)CC2C)c1. The van der Waals surface area contributed by atoms with Gasteiger partial charge in [-0.25, -0.2) is 0 Å². The molecule has 3 nitrogen and oxygen atoms in total. The molecular formula is C16H26N2O. The van der Waals surface area contributed by atoms with Crippen molar-refractivity contribution in [2.45, 2.75) is 58.2 Å². The van der Waals surface area contributed by atoms with Crippen LogP contribution in [0.5, 0.6) is 5.75 Å². The monoisotopic (exact) mass is 262 g/mol. The van der Waals surface area contributed by atoms with E-state index in [1.165, 1.54) is 5.69 Å². The fraction of sp³-hybridized carbons (Fsp3) is 0.625. The highest BCUT2D eigenvalue weighted by molar-refractivity contribution is 5.52. The molecule has 2 N–H and O–H groups in total. The largest absolute Gasteiger partial charge is 0.491 e. The van der Waals surface area contributed by atoms with Gasteiger partial charge in [0.1, 0.15) is 5.75 Å². The fourth-order valence-electron chi connectivity index (χ4n) is 2.64. The average Bonchev–Trinajstić information content (AvgIpc) is 2.39. The third kappa shape index (κ3) is 3.63. The van der Waals surface area contributed by atoms with Crippen LogP contribution in [-0.4, -0.2) is 24.7 Å². The molecule has 1 saturated heterocycles. The van der Waals surface area contributed by atoms with Gasteiger partial charge in [0.05, 0.1) is 6.10 Å². The molecule has 0 amide bonds. The Morgan fingerprint density at radius 1 is 1.47 bits per heavy atom. The Bertz CT molecular complexity index is 407. The van der Waals surface area contributed by atoms with Gasteiger partial charge in [0.25, 0.3) is 0 Å². The lowest BCUT2D eigenvalue weighted by atomic mass is 9.98. The summed E-state index contributed by atoms with van der Waals surface area (Å²) < 4.78 is 5.90. The van der Waals surface area contributed by atoms with Crippen LogP contribution in [0.1, 0.15) is 40.0 Å². The molecule has 3 heteroatoms. The van der Waals surface area contributed by atoms with E-state index < -0.39 is 0 Å². The minimum atomic E-state index is 0.266. The first-order chi connectivity index (χ1) is 9.10. The van der Waals surface area contributed by atoms with Gasteiger partial charge in [0.15, 0.2) is 0 Å². The highest BCUT2D eigenvalue weighted by atomic mass is 16.5. The van der Waals surface area contributed by atoms with Crippen molar-refractivity contribution in [3.8, 4) is 5.75 Å². The van der Waals surface area contributed by atoms with Crippen molar-refractivity contribution in [2.24, 2.45) is 5.73 Å². The number of nitrogens with zero attached hydrogens (tertiary/aromatic N) is 1. The van der Waals surface area contributed by atoms with Crippen molar-refractivity contribution >= 4 is 5.69 Å². The Morgan fingerprint density at radius 3 is 2.95 bits per heavy atom. The zero-order valence-electron chi connectivity index (χ0n) is 12.3. The zero-order valence-corrected chi connectivity index (χ0v) is 12.3. The molecule has 2 rings (SSSR count). The Balaban J connectivity index is 2.09. The summed E-state index contributed by atoms with van der Waals surface area (Å²) in [5, 5.41) is 0. The molecule has 1 heterocycles. The van der Waals surface area contributed by atoms with Crippen molar-refractivity contribution in [3.63, 3.8) is 0 Å². The van der Waals surface area contributed by atoms with Crippen LogP contribution in [-0.2, 0) is 0 Å². The molecular weight excluding hydrogens is 236 g/mol. The van der Waals surface area contributed by atoms with Crippen molar-refractivity contribution < 1.29 is 4.74 Å². The Hall–Kier alpha value is -1.22. The average molecular weight is 262 g/mol. The van der Waals surface area contributed by atoms with Crippen LogP contribution in [0.25, 0.3) is 0 Å². The number of benzene rings is 1. The molecule has 1 aliphatic heterocycles. The predicted molar refractivity (Wildman–Crippen MR) is 80.8 cm³/mol. The van der Waals surface area contributed by atoms with Gasteiger partial charge in [-0.3, -0.25) is 0 Å². The van der Waals surface area contributed by atoms with Gasteiger partial charge in [0, 0.05) is 30.4 Å². The van der Waals surface area contributed by atoms with Gasteiger partial charge in [0.2, 0.25) is 0 Å². The second-order valence-corrected chi connectivity index (χ2v) is 5.66. The minimum absolute atomic E-state index is 0.266. The van der Waals surface area contributed by atoms with Gasteiger partial charge in [-0.05, 0) is 45.2 Å². The third-order valence-corrected chi connectivity index (χ3v) is 3.98. The lowest BCUT2D eigenvalue weighted by molar-refractivity contribution is 0.217. The third-order valence-electron chi connectivity index (χ3n) is 3.98. The van der Waals surface area contributed by atoms with E-state index in [9.17, 15) is 0 Å². The van der Waals surface area contributed by atoms with Gasteiger partial charge in [-0.15, -0.1) is 0 Å². The molecule has 1 aliphatic rings. The minimum Gasteiger partial charge on any atom is -0.491 e. The van der Waals surface area contributed by atoms with Crippen LogP contribution >= 0.6 is 0 Å². The molecule has 0 aromatic heterocycles. The normalized spacial score (nSPS) is 25.2. The molecule has 0 aliphatic carbocycles. The van der Waals surface area contributed by atoms with E-state index in [4.69, 9.17) is 10.5 Å². The maximum atomic E-state index is 6.03. The van der Waals surface area contributed by atoms with Gasteiger partial charge in [-0.2, -0.15) is 0 Å². The highest BCUT2D eigenvalue weighted by Crippen LogP contribution is 2.27. The Labute approximate surface area is 116 Å². The maximum Gasteiger partial charge on any atom is 0.121 e. The van der Waals surface area contributed by atoms with Crippen LogP contribution in [0, 0.1) is 0 Å². The Kier molecular flexibility index (Phi) is 4.70. The lowest BCUT2D eigenvalue weighted by Crippen LogP contribution is -2.45. The van der Waals surface area contributed by atoms with Crippen LogP contribution in [0.3, 0.4) is 0 Å². The summed E-state index contributed by atoms with van der Waals surface area (Å²) in [4.78, 5) is 2.44. The van der Waals surface area contributed by atoms with Crippen LogP contribution in [0.15, 0.2) is 24.3 Å². The number of hydrogen-bond donors (Lipinski definition) is 1. The summed E-state index contributed by atoms with van der Waals surface area (Å²) in [7, 11) is 0. The van der Waals surface area contributed by atoms with Crippen molar-refractivity contribution in [1.29, 1.82) is 0 Å². The number of nitrogens with two attached hydrogens (primary N) is 1. The van der Waals surface area contributed by atoms with E-state index in [1.54, 1.807) is 0 Å². The first-order valence-electron chi connectivity index (χ1n) is 7.39. The van der Waals surface area contributed by atoms with E-state index in [-0.39, 0.29) is 6.10 Å². The molecule has 0 spiro atoms. The topological polar surface area (TPSA) is 38.5 Å². The Morgan fingerprint density at radius 2 is 2.26 bits per heavy atom. The summed E-state index contributed by atoms with van der Waals surface area (Å²) in [5.74, 6) is 0.967. The van der Waals surface area contributed by atoms with Crippen LogP contribution < -0.4 is 15.4 Å². The van der Waals surface area contributed by atoms with Gasteiger partial charge < -0.3 is 15.4 Å². The van der Waals surface area contributed by atoms with Crippen molar-refractivity contribution in [2.75, 3.05) is 11.4 Å². The first-order valence-corrected chi connectivity index (χ1v) is 7.39. The van der Waals surface area contributed by atoms with Crippen molar-refractivity contribution in [3.05, 3.63) is 24.3 Å². The summed E-state index contributed by atoms with van der Waals surface area (Å²) in [5.41, 5.74) is 7.28. The van der Waals surface area contributed by atoms with E-state index in [0.29, 0.717) is 12.1 Å².